The third kappa shape index (κ3) is 3.24. The van der Waals surface area contributed by atoms with E-state index in [-0.39, 0.29) is 5.91 Å². The molecule has 116 valence electrons. The number of amides is 1. The van der Waals surface area contributed by atoms with Crippen molar-refractivity contribution in [1.29, 1.82) is 0 Å². The molecule has 1 N–H and O–H groups in total. The van der Waals surface area contributed by atoms with Crippen LogP contribution in [0, 0.1) is 5.92 Å². The van der Waals surface area contributed by atoms with Gasteiger partial charge in [0, 0.05) is 45.8 Å². The van der Waals surface area contributed by atoms with Crippen LogP contribution < -0.4 is 5.32 Å². The zero-order valence-electron chi connectivity index (χ0n) is 12.8. The zero-order chi connectivity index (χ0) is 14.8. The molecule has 3 heterocycles. The molecule has 0 aliphatic carbocycles. The normalized spacial score (nSPS) is 20.8. The van der Waals surface area contributed by atoms with Crippen molar-refractivity contribution in [2.45, 2.75) is 19.9 Å². The predicted molar refractivity (Wildman–Crippen MR) is 79.1 cm³/mol. The Bertz CT molecular complexity index is 487. The van der Waals surface area contributed by atoms with Gasteiger partial charge in [-0.2, -0.15) is 0 Å². The number of rotatable bonds is 4. The van der Waals surface area contributed by atoms with Crippen LogP contribution >= 0.6 is 0 Å². The van der Waals surface area contributed by atoms with Gasteiger partial charge >= 0.3 is 0 Å². The van der Waals surface area contributed by atoms with Crippen LogP contribution in [0.25, 0.3) is 0 Å². The molecule has 0 aromatic carbocycles. The van der Waals surface area contributed by atoms with E-state index in [2.05, 4.69) is 34.4 Å². The highest BCUT2D eigenvalue weighted by Gasteiger charge is 2.26. The molecule has 7 heteroatoms. The quantitative estimate of drug-likeness (QED) is 0.835. The van der Waals surface area contributed by atoms with E-state index < -0.39 is 0 Å². The summed E-state index contributed by atoms with van der Waals surface area (Å²) >= 11 is 0. The molecule has 1 aromatic rings. The molecule has 0 atom stereocenters. The lowest BCUT2D eigenvalue weighted by Gasteiger charge is -2.35. The third-order valence-electron chi connectivity index (χ3n) is 4.15. The first-order chi connectivity index (χ1) is 10.1. The second-order valence-electron chi connectivity index (χ2n) is 6.38. The molecule has 0 radical (unpaired) electrons. The van der Waals surface area contributed by atoms with E-state index in [1.165, 1.54) is 0 Å². The number of hydrogen-bond donors (Lipinski definition) is 1. The van der Waals surface area contributed by atoms with Gasteiger partial charge in [-0.1, -0.05) is 19.1 Å². The molecule has 0 spiro atoms. The van der Waals surface area contributed by atoms with Gasteiger partial charge in [0.2, 0.25) is 0 Å². The van der Waals surface area contributed by atoms with Crippen molar-refractivity contribution in [2.24, 2.45) is 5.92 Å². The van der Waals surface area contributed by atoms with E-state index in [1.54, 1.807) is 10.9 Å². The minimum atomic E-state index is 0.0118. The van der Waals surface area contributed by atoms with Gasteiger partial charge in [0.1, 0.15) is 0 Å². The van der Waals surface area contributed by atoms with Gasteiger partial charge in [-0.25, -0.2) is 4.68 Å². The van der Waals surface area contributed by atoms with E-state index in [0.717, 1.165) is 45.8 Å². The lowest BCUT2D eigenvalue weighted by Crippen LogP contribution is -2.49. The standard InChI is InChI=1S/C14H24N6O/c1-11(2)9-18-3-5-19(6-4-18)14(21)13-10-20(17-16-13)12-7-15-8-12/h10-12,15H,3-9H2,1-2H3. The van der Waals surface area contributed by atoms with E-state index in [4.69, 9.17) is 0 Å². The molecule has 2 fully saturated rings. The van der Waals surface area contributed by atoms with Gasteiger partial charge in [-0.15, -0.1) is 5.10 Å². The Hall–Kier alpha value is -1.47. The first-order valence-corrected chi connectivity index (χ1v) is 7.77. The summed E-state index contributed by atoms with van der Waals surface area (Å²) in [7, 11) is 0. The molecule has 2 aliphatic heterocycles. The fourth-order valence-electron chi connectivity index (χ4n) is 2.83. The summed E-state index contributed by atoms with van der Waals surface area (Å²) < 4.78 is 1.80. The van der Waals surface area contributed by atoms with E-state index >= 15 is 0 Å². The van der Waals surface area contributed by atoms with Crippen molar-refractivity contribution >= 4 is 5.91 Å². The van der Waals surface area contributed by atoms with E-state index in [9.17, 15) is 4.79 Å². The highest BCUT2D eigenvalue weighted by Crippen LogP contribution is 2.12. The van der Waals surface area contributed by atoms with Gasteiger partial charge < -0.3 is 10.2 Å². The number of nitrogens with one attached hydrogen (secondary N) is 1. The molecule has 0 bridgehead atoms. The second kappa shape index (κ2) is 6.11. The van der Waals surface area contributed by atoms with Gasteiger partial charge in [0.05, 0.1) is 12.2 Å². The summed E-state index contributed by atoms with van der Waals surface area (Å²) in [6.45, 7) is 10.8. The maximum Gasteiger partial charge on any atom is 0.276 e. The molecule has 21 heavy (non-hydrogen) atoms. The maximum absolute atomic E-state index is 12.4. The van der Waals surface area contributed by atoms with Crippen molar-refractivity contribution < 1.29 is 4.79 Å². The van der Waals surface area contributed by atoms with Gasteiger partial charge in [0.25, 0.3) is 5.91 Å². The largest absolute Gasteiger partial charge is 0.335 e. The predicted octanol–water partition coefficient (Wildman–Crippen LogP) is -0.164. The number of hydrogen-bond acceptors (Lipinski definition) is 5. The van der Waals surface area contributed by atoms with Crippen molar-refractivity contribution in [3.8, 4) is 0 Å². The Balaban J connectivity index is 1.55. The molecule has 1 amide bonds. The monoisotopic (exact) mass is 292 g/mol. The summed E-state index contributed by atoms with van der Waals surface area (Å²) in [4.78, 5) is 16.8. The number of aromatic nitrogens is 3. The molecule has 2 aliphatic rings. The fraction of sp³-hybridized carbons (Fsp3) is 0.786. The van der Waals surface area contributed by atoms with Crippen LogP contribution in [0.4, 0.5) is 0 Å². The average Bonchev–Trinajstić information content (AvgIpc) is 2.85. The SMILES string of the molecule is CC(C)CN1CCN(C(=O)c2cn(C3CNC3)nn2)CC1. The van der Waals surface area contributed by atoms with Crippen LogP contribution in [0.15, 0.2) is 6.20 Å². The Morgan fingerprint density at radius 1 is 1.33 bits per heavy atom. The van der Waals surface area contributed by atoms with Crippen molar-refractivity contribution in [3.63, 3.8) is 0 Å². The molecule has 7 nitrogen and oxygen atoms in total. The highest BCUT2D eigenvalue weighted by molar-refractivity contribution is 5.92. The summed E-state index contributed by atoms with van der Waals surface area (Å²) in [5, 5.41) is 11.3. The Morgan fingerprint density at radius 3 is 2.62 bits per heavy atom. The molecule has 0 unspecified atom stereocenters. The maximum atomic E-state index is 12.4. The number of carbonyl (C=O) groups is 1. The van der Waals surface area contributed by atoms with Crippen LogP contribution in [0.1, 0.15) is 30.4 Å². The number of piperazine rings is 1. The van der Waals surface area contributed by atoms with Gasteiger partial charge in [-0.05, 0) is 5.92 Å². The highest BCUT2D eigenvalue weighted by atomic mass is 16.2. The first-order valence-electron chi connectivity index (χ1n) is 7.77. The minimum Gasteiger partial charge on any atom is -0.335 e. The fourth-order valence-corrected chi connectivity index (χ4v) is 2.83. The summed E-state index contributed by atoms with van der Waals surface area (Å²) in [5.41, 5.74) is 0.471. The zero-order valence-corrected chi connectivity index (χ0v) is 12.8. The molecule has 0 saturated carbocycles. The third-order valence-corrected chi connectivity index (χ3v) is 4.15. The molecule has 2 saturated heterocycles. The number of carbonyl (C=O) groups excluding carboxylic acids is 1. The van der Waals surface area contributed by atoms with Crippen LogP contribution in [-0.4, -0.2) is 76.5 Å². The van der Waals surface area contributed by atoms with Crippen molar-refractivity contribution in [2.75, 3.05) is 45.8 Å². The van der Waals surface area contributed by atoms with E-state index in [0.29, 0.717) is 17.7 Å². The van der Waals surface area contributed by atoms with Gasteiger partial charge in [0.15, 0.2) is 5.69 Å². The molecule has 1 aromatic heterocycles. The van der Waals surface area contributed by atoms with Crippen molar-refractivity contribution in [1.82, 2.24) is 30.1 Å². The number of nitrogens with zero attached hydrogens (tertiary/aromatic N) is 5. The van der Waals surface area contributed by atoms with Crippen LogP contribution in [0.2, 0.25) is 0 Å². The average molecular weight is 292 g/mol. The van der Waals surface area contributed by atoms with Crippen molar-refractivity contribution in [3.05, 3.63) is 11.9 Å². The Morgan fingerprint density at radius 2 is 2.05 bits per heavy atom. The second-order valence-corrected chi connectivity index (χ2v) is 6.38. The summed E-state index contributed by atoms with van der Waals surface area (Å²) in [6.07, 6.45) is 1.79. The molecular weight excluding hydrogens is 268 g/mol. The summed E-state index contributed by atoms with van der Waals surface area (Å²) in [5.74, 6) is 0.681. The lowest BCUT2D eigenvalue weighted by atomic mass is 10.2. The molecule has 3 rings (SSSR count). The Kier molecular flexibility index (Phi) is 4.21. The summed E-state index contributed by atoms with van der Waals surface area (Å²) in [6, 6.07) is 0.349. The minimum absolute atomic E-state index is 0.0118. The van der Waals surface area contributed by atoms with E-state index in [1.807, 2.05) is 4.90 Å². The molecular formula is C14H24N6O. The van der Waals surface area contributed by atoms with Gasteiger partial charge in [-0.3, -0.25) is 9.69 Å². The lowest BCUT2D eigenvalue weighted by molar-refractivity contribution is 0.0618. The smallest absolute Gasteiger partial charge is 0.276 e. The first kappa shape index (κ1) is 14.5. The van der Waals surface area contributed by atoms with Crippen LogP contribution in [-0.2, 0) is 0 Å². The Labute approximate surface area is 125 Å². The topological polar surface area (TPSA) is 66.3 Å². The van der Waals surface area contributed by atoms with Crippen LogP contribution in [0.3, 0.4) is 0 Å². The van der Waals surface area contributed by atoms with Crippen LogP contribution in [0.5, 0.6) is 0 Å².